The van der Waals surface area contributed by atoms with E-state index in [2.05, 4.69) is 15.3 Å². The zero-order valence-corrected chi connectivity index (χ0v) is 13.3. The molecule has 0 fully saturated rings. The zero-order valence-electron chi connectivity index (χ0n) is 13.3. The molecule has 0 aliphatic carbocycles. The van der Waals surface area contributed by atoms with Crippen molar-refractivity contribution in [3.63, 3.8) is 0 Å². The molecule has 3 aromatic rings. The summed E-state index contributed by atoms with van der Waals surface area (Å²) in [4.78, 5) is 8.61. The standard InChI is InChI=1S/C18H16FN3O2/c1-23-16-7-6-14(11-17(16)24-2)21-18-20-9-8-15(22-18)12-4-3-5-13(19)10-12/h3-11H,1-2H3,(H,20,21,22). The van der Waals surface area contributed by atoms with E-state index >= 15 is 0 Å². The monoisotopic (exact) mass is 325 g/mol. The van der Waals surface area contributed by atoms with E-state index in [-0.39, 0.29) is 5.82 Å². The molecule has 5 nitrogen and oxygen atoms in total. The van der Waals surface area contributed by atoms with E-state index in [1.165, 1.54) is 12.1 Å². The van der Waals surface area contributed by atoms with Crippen molar-refractivity contribution in [3.8, 4) is 22.8 Å². The number of nitrogens with one attached hydrogen (secondary N) is 1. The van der Waals surface area contributed by atoms with Crippen LogP contribution in [0.2, 0.25) is 0 Å². The lowest BCUT2D eigenvalue weighted by Crippen LogP contribution is -1.99. The summed E-state index contributed by atoms with van der Waals surface area (Å²) in [5, 5.41) is 3.10. The molecule has 0 bridgehead atoms. The Morgan fingerprint density at radius 2 is 1.79 bits per heavy atom. The Bertz CT molecular complexity index is 855. The van der Waals surface area contributed by atoms with Crippen molar-refractivity contribution in [2.24, 2.45) is 0 Å². The van der Waals surface area contributed by atoms with Gasteiger partial charge in [-0.3, -0.25) is 0 Å². The van der Waals surface area contributed by atoms with Crippen molar-refractivity contribution in [2.75, 3.05) is 19.5 Å². The third-order valence-electron chi connectivity index (χ3n) is 3.42. The van der Waals surface area contributed by atoms with Gasteiger partial charge in [-0.05, 0) is 30.3 Å². The quantitative estimate of drug-likeness (QED) is 0.767. The van der Waals surface area contributed by atoms with Crippen LogP contribution in [-0.4, -0.2) is 24.2 Å². The first-order valence-corrected chi connectivity index (χ1v) is 7.27. The maximum atomic E-state index is 13.4. The van der Waals surface area contributed by atoms with Gasteiger partial charge in [-0.15, -0.1) is 0 Å². The van der Waals surface area contributed by atoms with Gasteiger partial charge in [-0.25, -0.2) is 14.4 Å². The van der Waals surface area contributed by atoms with Gasteiger partial charge in [-0.2, -0.15) is 0 Å². The Labute approximate surface area is 139 Å². The first kappa shape index (κ1) is 15.7. The summed E-state index contributed by atoms with van der Waals surface area (Å²) in [5.74, 6) is 1.34. The van der Waals surface area contributed by atoms with Gasteiger partial charge in [0.1, 0.15) is 5.82 Å². The predicted octanol–water partition coefficient (Wildman–Crippen LogP) is 4.04. The van der Waals surface area contributed by atoms with Gasteiger partial charge in [-0.1, -0.05) is 12.1 Å². The summed E-state index contributed by atoms with van der Waals surface area (Å²) in [7, 11) is 3.15. The normalized spacial score (nSPS) is 10.3. The van der Waals surface area contributed by atoms with Crippen LogP contribution >= 0.6 is 0 Å². The Hall–Kier alpha value is -3.15. The Morgan fingerprint density at radius 3 is 2.54 bits per heavy atom. The van der Waals surface area contributed by atoms with Gasteiger partial charge in [0.25, 0.3) is 0 Å². The summed E-state index contributed by atoms with van der Waals surface area (Å²) < 4.78 is 23.9. The molecule has 24 heavy (non-hydrogen) atoms. The smallest absolute Gasteiger partial charge is 0.227 e. The molecular formula is C18H16FN3O2. The van der Waals surface area contributed by atoms with Gasteiger partial charge in [0, 0.05) is 23.5 Å². The number of ether oxygens (including phenoxy) is 2. The van der Waals surface area contributed by atoms with E-state index in [1.807, 2.05) is 6.07 Å². The maximum absolute atomic E-state index is 13.4. The summed E-state index contributed by atoms with van der Waals surface area (Å²) in [6.45, 7) is 0. The van der Waals surface area contributed by atoms with Crippen molar-refractivity contribution < 1.29 is 13.9 Å². The number of benzene rings is 2. The number of aromatic nitrogens is 2. The highest BCUT2D eigenvalue weighted by molar-refractivity contribution is 5.63. The molecule has 0 spiro atoms. The molecule has 0 saturated heterocycles. The number of halogens is 1. The second-order valence-electron chi connectivity index (χ2n) is 4.97. The van der Waals surface area contributed by atoms with Crippen molar-refractivity contribution in [3.05, 3.63) is 60.5 Å². The second kappa shape index (κ2) is 6.95. The van der Waals surface area contributed by atoms with Gasteiger partial charge in [0.2, 0.25) is 5.95 Å². The maximum Gasteiger partial charge on any atom is 0.227 e. The highest BCUT2D eigenvalue weighted by Crippen LogP contribution is 2.30. The number of anilines is 2. The molecule has 122 valence electrons. The van der Waals surface area contributed by atoms with Crippen LogP contribution in [0.4, 0.5) is 16.0 Å². The van der Waals surface area contributed by atoms with Crippen LogP contribution in [0.15, 0.2) is 54.7 Å². The SMILES string of the molecule is COc1ccc(Nc2nccc(-c3cccc(F)c3)n2)cc1OC. The van der Waals surface area contributed by atoms with E-state index in [9.17, 15) is 4.39 Å². The first-order chi connectivity index (χ1) is 11.7. The second-order valence-corrected chi connectivity index (χ2v) is 4.97. The van der Waals surface area contributed by atoms with E-state index in [1.54, 1.807) is 50.7 Å². The van der Waals surface area contributed by atoms with Crippen LogP contribution in [0.3, 0.4) is 0 Å². The number of nitrogens with zero attached hydrogens (tertiary/aromatic N) is 2. The van der Waals surface area contributed by atoms with Crippen LogP contribution in [0.5, 0.6) is 11.5 Å². The lowest BCUT2D eigenvalue weighted by atomic mass is 10.1. The summed E-state index contributed by atoms with van der Waals surface area (Å²) in [6, 6.07) is 13.4. The fourth-order valence-corrected chi connectivity index (χ4v) is 2.27. The van der Waals surface area contributed by atoms with Gasteiger partial charge in [0.05, 0.1) is 19.9 Å². The molecule has 0 radical (unpaired) electrons. The van der Waals surface area contributed by atoms with E-state index < -0.39 is 0 Å². The number of hydrogen-bond acceptors (Lipinski definition) is 5. The highest BCUT2D eigenvalue weighted by atomic mass is 19.1. The van der Waals surface area contributed by atoms with Gasteiger partial charge >= 0.3 is 0 Å². The Morgan fingerprint density at radius 1 is 0.958 bits per heavy atom. The lowest BCUT2D eigenvalue weighted by molar-refractivity contribution is 0.355. The van der Waals surface area contributed by atoms with E-state index in [4.69, 9.17) is 9.47 Å². The molecule has 0 aliphatic rings. The highest BCUT2D eigenvalue weighted by Gasteiger charge is 2.07. The number of rotatable bonds is 5. The molecular weight excluding hydrogens is 309 g/mol. The van der Waals surface area contributed by atoms with Crippen LogP contribution in [0, 0.1) is 5.82 Å². The Kier molecular flexibility index (Phi) is 4.56. The van der Waals surface area contributed by atoms with Crippen LogP contribution in [0.25, 0.3) is 11.3 Å². The minimum atomic E-state index is -0.305. The molecule has 0 aliphatic heterocycles. The molecule has 0 unspecified atom stereocenters. The van der Waals surface area contributed by atoms with Crippen molar-refractivity contribution in [1.29, 1.82) is 0 Å². The molecule has 3 rings (SSSR count). The summed E-state index contributed by atoms with van der Waals surface area (Å²) >= 11 is 0. The van der Waals surface area contributed by atoms with E-state index in [0.29, 0.717) is 28.7 Å². The van der Waals surface area contributed by atoms with Crippen LogP contribution in [0.1, 0.15) is 0 Å². The largest absolute Gasteiger partial charge is 0.493 e. The molecule has 6 heteroatoms. The molecule has 1 N–H and O–H groups in total. The van der Waals surface area contributed by atoms with Gasteiger partial charge in [0.15, 0.2) is 11.5 Å². The molecule has 0 amide bonds. The summed E-state index contributed by atoms with van der Waals surface area (Å²) in [5.41, 5.74) is 2.07. The summed E-state index contributed by atoms with van der Waals surface area (Å²) in [6.07, 6.45) is 1.62. The predicted molar refractivity (Wildman–Crippen MR) is 90.3 cm³/mol. The van der Waals surface area contributed by atoms with Gasteiger partial charge < -0.3 is 14.8 Å². The lowest BCUT2D eigenvalue weighted by Gasteiger charge is -2.11. The average Bonchev–Trinajstić information content (AvgIpc) is 2.62. The minimum absolute atomic E-state index is 0.305. The number of methoxy groups -OCH3 is 2. The third-order valence-corrected chi connectivity index (χ3v) is 3.42. The van der Waals surface area contributed by atoms with Crippen molar-refractivity contribution >= 4 is 11.6 Å². The first-order valence-electron chi connectivity index (χ1n) is 7.27. The number of hydrogen-bond donors (Lipinski definition) is 1. The molecule has 0 saturated carbocycles. The molecule has 1 heterocycles. The topological polar surface area (TPSA) is 56.3 Å². The minimum Gasteiger partial charge on any atom is -0.493 e. The fourth-order valence-electron chi connectivity index (χ4n) is 2.27. The molecule has 0 atom stereocenters. The average molecular weight is 325 g/mol. The van der Waals surface area contributed by atoms with Crippen LogP contribution < -0.4 is 14.8 Å². The molecule has 1 aromatic heterocycles. The fraction of sp³-hybridized carbons (Fsp3) is 0.111. The van der Waals surface area contributed by atoms with Crippen molar-refractivity contribution in [1.82, 2.24) is 9.97 Å². The zero-order chi connectivity index (χ0) is 16.9. The van der Waals surface area contributed by atoms with E-state index in [0.717, 1.165) is 5.69 Å². The van der Waals surface area contributed by atoms with Crippen molar-refractivity contribution in [2.45, 2.75) is 0 Å². The Balaban J connectivity index is 1.87. The third kappa shape index (κ3) is 3.43. The molecule has 2 aromatic carbocycles. The van der Waals surface area contributed by atoms with Crippen LogP contribution in [-0.2, 0) is 0 Å².